The number of imidazole rings is 1. The molecule has 7 aromatic rings. The van der Waals surface area contributed by atoms with E-state index in [9.17, 15) is 19.2 Å². The van der Waals surface area contributed by atoms with E-state index in [4.69, 9.17) is 20.2 Å². The molecule has 5 aromatic carbocycles. The van der Waals surface area contributed by atoms with Crippen molar-refractivity contribution in [3.05, 3.63) is 189 Å². The van der Waals surface area contributed by atoms with E-state index >= 15 is 0 Å². The summed E-state index contributed by atoms with van der Waals surface area (Å²) in [5, 5.41) is 9.46. The highest BCUT2D eigenvalue weighted by Crippen LogP contribution is 2.42. The number of pyridine rings is 1. The number of carbonyl (C=O) groups excluding carboxylic acids is 3. The number of nitrogens with two attached hydrogens (primary N) is 1. The molecular formula is C52H56N8O6S. The van der Waals surface area contributed by atoms with Gasteiger partial charge in [0.15, 0.2) is 0 Å². The number of anilines is 1. The highest BCUT2D eigenvalue weighted by Gasteiger charge is 2.39. The molecule has 0 unspecified atom stereocenters. The van der Waals surface area contributed by atoms with Crippen LogP contribution in [0.5, 0.6) is 5.75 Å². The lowest BCUT2D eigenvalue weighted by molar-refractivity contribution is -0.142. The maximum absolute atomic E-state index is 13.9. The average Bonchev–Trinajstić information content (AvgIpc) is 3.83. The molecule has 2 aromatic heterocycles. The number of rotatable bonds is 21. The Morgan fingerprint density at radius 2 is 1.48 bits per heavy atom. The van der Waals surface area contributed by atoms with E-state index in [2.05, 4.69) is 61.6 Å². The lowest BCUT2D eigenvalue weighted by atomic mass is 9.76. The zero-order valence-electron chi connectivity index (χ0n) is 38.1. The molecular weight excluding hydrogens is 865 g/mol. The van der Waals surface area contributed by atoms with Crippen LogP contribution >= 0.6 is 11.9 Å². The van der Waals surface area contributed by atoms with Crippen LogP contribution in [0.25, 0.3) is 10.9 Å². The van der Waals surface area contributed by atoms with Crippen molar-refractivity contribution in [2.45, 2.75) is 49.7 Å². The molecule has 14 nitrogen and oxygen atoms in total. The summed E-state index contributed by atoms with van der Waals surface area (Å²) in [7, 11) is 3.06. The summed E-state index contributed by atoms with van der Waals surface area (Å²) in [6.45, 7) is 5.32. The number of methoxy groups -OCH3 is 1. The minimum Gasteiger partial charge on any atom is -0.494 e. The van der Waals surface area contributed by atoms with Gasteiger partial charge in [-0.1, -0.05) is 97.1 Å². The lowest BCUT2D eigenvalue weighted by Crippen LogP contribution is -2.45. The molecule has 7 rings (SSSR count). The predicted octanol–water partition coefficient (Wildman–Crippen LogP) is 6.61. The topological polar surface area (TPSA) is 184 Å². The number of nitrogens with zero attached hydrogens (tertiary/aromatic N) is 3. The normalized spacial score (nSPS) is 11.8. The number of esters is 1. The van der Waals surface area contributed by atoms with Gasteiger partial charge in [0.25, 0.3) is 5.91 Å². The van der Waals surface area contributed by atoms with Crippen LogP contribution in [0.3, 0.4) is 0 Å². The van der Waals surface area contributed by atoms with E-state index in [1.54, 1.807) is 23.9 Å². The molecule has 1 atom stereocenters. The van der Waals surface area contributed by atoms with Gasteiger partial charge < -0.3 is 35.7 Å². The first-order valence-corrected chi connectivity index (χ1v) is 22.9. The lowest BCUT2D eigenvalue weighted by Gasteiger charge is -2.38. The van der Waals surface area contributed by atoms with E-state index in [1.165, 1.54) is 25.3 Å². The van der Waals surface area contributed by atoms with E-state index in [0.717, 1.165) is 38.3 Å². The SMILES string of the molecule is COC(=O)[C@H](CNC(=O)c1cn(C)c2cc(CNc3nccn3C(c3ccccc3)(c3ccccc3)c3ccccc3)ccc2c1=O)NSc1c(C)cc(OCCCC(=O)NCCN)cc1C. The van der Waals surface area contributed by atoms with Crippen LogP contribution in [0, 0.1) is 13.8 Å². The number of nitrogens with one attached hydrogen (secondary N) is 4. The van der Waals surface area contributed by atoms with Gasteiger partial charge in [0, 0.05) is 68.5 Å². The molecule has 0 radical (unpaired) electrons. The molecule has 0 fully saturated rings. The number of ether oxygens (including phenoxy) is 2. The third kappa shape index (κ3) is 10.9. The van der Waals surface area contributed by atoms with Crippen molar-refractivity contribution >= 4 is 46.6 Å². The number of aryl methyl sites for hydroxylation is 3. The average molecular weight is 921 g/mol. The molecule has 67 heavy (non-hydrogen) atoms. The predicted molar refractivity (Wildman–Crippen MR) is 263 cm³/mol. The largest absolute Gasteiger partial charge is 0.494 e. The Morgan fingerprint density at radius 3 is 2.07 bits per heavy atom. The molecule has 0 saturated carbocycles. The Balaban J connectivity index is 1.03. The second kappa shape index (κ2) is 22.3. The minimum atomic E-state index is -0.938. The van der Waals surface area contributed by atoms with E-state index in [0.29, 0.717) is 61.7 Å². The number of amides is 2. The van der Waals surface area contributed by atoms with Crippen molar-refractivity contribution in [2.75, 3.05) is 38.7 Å². The zero-order chi connectivity index (χ0) is 47.3. The first kappa shape index (κ1) is 47.8. The van der Waals surface area contributed by atoms with Gasteiger partial charge in [-0.05, 0) is 89.9 Å². The standard InChI is InChI=1S/C52H56N8O6S/c1-35-29-41(66-28-14-21-46(61)54-25-24-53)30-36(2)48(35)67-58-44(50(64)65-4)33-56-49(63)43-34-59(3)45-31-37(22-23-42(45)47(43)62)32-57-51-55-26-27-60(51)52(38-15-8-5-9-16-38,39-17-10-6-11-18-39)40-19-12-7-13-20-40/h5-13,15-20,22-23,26-27,29-31,34,44,58H,14,21,24-25,28,32-33,53H2,1-4H3,(H,54,61)(H,55,57)(H,56,63)/t44-/m0/s1. The van der Waals surface area contributed by atoms with Crippen LogP contribution in [0.15, 0.2) is 150 Å². The summed E-state index contributed by atoms with van der Waals surface area (Å²) in [6.07, 6.45) is 6.20. The van der Waals surface area contributed by atoms with Crippen molar-refractivity contribution in [3.8, 4) is 5.75 Å². The van der Waals surface area contributed by atoms with Gasteiger partial charge in [-0.15, -0.1) is 0 Å². The third-order valence-corrected chi connectivity index (χ3v) is 12.7. The molecule has 0 saturated heterocycles. The number of fused-ring (bicyclic) bond motifs is 1. The van der Waals surface area contributed by atoms with Gasteiger partial charge in [0.1, 0.15) is 22.9 Å². The second-order valence-electron chi connectivity index (χ2n) is 16.1. The molecule has 0 aliphatic heterocycles. The van der Waals surface area contributed by atoms with Gasteiger partial charge in [0.2, 0.25) is 17.3 Å². The molecule has 0 aliphatic carbocycles. The van der Waals surface area contributed by atoms with Gasteiger partial charge in [0.05, 0.1) is 19.2 Å². The molecule has 0 bridgehead atoms. The fourth-order valence-electron chi connectivity index (χ4n) is 8.25. The van der Waals surface area contributed by atoms with E-state index in [-0.39, 0.29) is 18.0 Å². The first-order valence-electron chi connectivity index (χ1n) is 22.1. The summed E-state index contributed by atoms with van der Waals surface area (Å²) >= 11 is 1.23. The summed E-state index contributed by atoms with van der Waals surface area (Å²) < 4.78 is 18.0. The van der Waals surface area contributed by atoms with Crippen molar-refractivity contribution in [3.63, 3.8) is 0 Å². The molecule has 15 heteroatoms. The molecule has 0 aliphatic rings. The van der Waals surface area contributed by atoms with Crippen LogP contribution in [0.1, 0.15) is 56.6 Å². The van der Waals surface area contributed by atoms with Crippen LogP contribution in [-0.2, 0) is 33.5 Å². The number of aromatic nitrogens is 3. The first-order chi connectivity index (χ1) is 32.5. The monoisotopic (exact) mass is 920 g/mol. The zero-order valence-corrected chi connectivity index (χ0v) is 38.9. The summed E-state index contributed by atoms with van der Waals surface area (Å²) in [5.41, 5.74) is 10.8. The number of hydrogen-bond donors (Lipinski definition) is 5. The van der Waals surface area contributed by atoms with Crippen molar-refractivity contribution in [1.82, 2.24) is 29.5 Å². The molecule has 2 amide bonds. The Morgan fingerprint density at radius 1 is 0.851 bits per heavy atom. The van der Waals surface area contributed by atoms with Crippen molar-refractivity contribution in [1.29, 1.82) is 0 Å². The van der Waals surface area contributed by atoms with Crippen LogP contribution in [0.4, 0.5) is 5.95 Å². The molecule has 346 valence electrons. The smallest absolute Gasteiger partial charge is 0.325 e. The molecule has 6 N–H and O–H groups in total. The van der Waals surface area contributed by atoms with Gasteiger partial charge in [-0.3, -0.25) is 23.7 Å². The third-order valence-electron chi connectivity index (χ3n) is 11.5. The minimum absolute atomic E-state index is 0.0586. The summed E-state index contributed by atoms with van der Waals surface area (Å²) in [4.78, 5) is 58.0. The van der Waals surface area contributed by atoms with Crippen LogP contribution < -0.4 is 36.6 Å². The number of benzene rings is 5. The van der Waals surface area contributed by atoms with Crippen LogP contribution in [-0.4, -0.2) is 71.3 Å². The highest BCUT2D eigenvalue weighted by atomic mass is 32.2. The van der Waals surface area contributed by atoms with Crippen LogP contribution in [0.2, 0.25) is 0 Å². The van der Waals surface area contributed by atoms with Crippen molar-refractivity contribution in [2.24, 2.45) is 12.8 Å². The Labute approximate surface area is 394 Å². The second-order valence-corrected chi connectivity index (χ2v) is 16.9. The van der Waals surface area contributed by atoms with Crippen molar-refractivity contribution < 1.29 is 23.9 Å². The summed E-state index contributed by atoms with van der Waals surface area (Å²) in [6, 6.07) is 39.5. The fourth-order valence-corrected chi connectivity index (χ4v) is 9.13. The fraction of sp³-hybridized carbons (Fsp3) is 0.250. The Hall–Kier alpha value is -7.20. The maximum atomic E-state index is 13.9. The van der Waals surface area contributed by atoms with E-state index in [1.807, 2.05) is 98.9 Å². The number of carbonyl (C=O) groups is 3. The molecule has 2 heterocycles. The quantitative estimate of drug-likeness (QED) is 0.0227. The van der Waals surface area contributed by atoms with Gasteiger partial charge >= 0.3 is 5.97 Å². The highest BCUT2D eigenvalue weighted by molar-refractivity contribution is 7.97. The van der Waals surface area contributed by atoms with Gasteiger partial charge in [-0.25, -0.2) is 9.71 Å². The Kier molecular flexibility index (Phi) is 15.9. The maximum Gasteiger partial charge on any atom is 0.325 e. The Bertz CT molecular complexity index is 2750. The number of hydrogen-bond acceptors (Lipinski definition) is 11. The summed E-state index contributed by atoms with van der Waals surface area (Å²) in [5.74, 6) is 0.0494. The van der Waals surface area contributed by atoms with E-state index < -0.39 is 28.9 Å². The van der Waals surface area contributed by atoms with Gasteiger partial charge in [-0.2, -0.15) is 0 Å². The molecule has 0 spiro atoms.